The highest BCUT2D eigenvalue weighted by Crippen LogP contribution is 2.32. The highest BCUT2D eigenvalue weighted by atomic mass is 16.5. The molecule has 0 saturated heterocycles. The van der Waals surface area contributed by atoms with Crippen LogP contribution in [0.1, 0.15) is 15.9 Å². The summed E-state index contributed by atoms with van der Waals surface area (Å²) in [6.07, 6.45) is 1.44. The summed E-state index contributed by atoms with van der Waals surface area (Å²) < 4.78 is 26.2. The number of hydrogen-bond donors (Lipinski definition) is 1. The number of carbonyl (C=O) groups excluding carboxylic acids is 1. The zero-order valence-electron chi connectivity index (χ0n) is 15.9. The normalized spacial score (nSPS) is 10.4. The lowest BCUT2D eigenvalue weighted by atomic mass is 10.2. The van der Waals surface area contributed by atoms with Crippen molar-refractivity contribution < 1.29 is 28.5 Å². The van der Waals surface area contributed by atoms with Crippen LogP contribution in [0.15, 0.2) is 35.4 Å². The Labute approximate surface area is 157 Å². The van der Waals surface area contributed by atoms with Crippen molar-refractivity contribution in [2.75, 3.05) is 35.5 Å². The number of ether oxygens (including phenoxy) is 5. The van der Waals surface area contributed by atoms with Gasteiger partial charge in [0, 0.05) is 23.8 Å². The smallest absolute Gasteiger partial charge is 0.271 e. The summed E-state index contributed by atoms with van der Waals surface area (Å²) in [4.78, 5) is 12.4. The van der Waals surface area contributed by atoms with Crippen molar-refractivity contribution in [2.45, 2.75) is 0 Å². The molecule has 0 spiro atoms. The van der Waals surface area contributed by atoms with Crippen LogP contribution in [0.5, 0.6) is 28.7 Å². The van der Waals surface area contributed by atoms with Crippen molar-refractivity contribution in [3.63, 3.8) is 0 Å². The first kappa shape index (κ1) is 19.9. The molecule has 0 radical (unpaired) electrons. The number of amides is 1. The van der Waals surface area contributed by atoms with Gasteiger partial charge in [-0.2, -0.15) is 5.10 Å². The standard InChI is InChI=1S/C19H22N2O6/c1-23-13-6-12(7-14(8-13)24-2)19(22)21-20-11-16-17(26-4)9-15(25-3)10-18(16)27-5/h6-11H,1-5H3,(H,21,22). The largest absolute Gasteiger partial charge is 0.497 e. The molecule has 8 nitrogen and oxygen atoms in total. The highest BCUT2D eigenvalue weighted by molar-refractivity contribution is 5.96. The van der Waals surface area contributed by atoms with Crippen LogP contribution in [0.2, 0.25) is 0 Å². The molecule has 0 heterocycles. The molecule has 2 aromatic rings. The zero-order valence-corrected chi connectivity index (χ0v) is 15.9. The fraction of sp³-hybridized carbons (Fsp3) is 0.263. The minimum absolute atomic E-state index is 0.344. The molecule has 0 atom stereocenters. The summed E-state index contributed by atoms with van der Waals surface area (Å²) in [5.74, 6) is 2.15. The van der Waals surface area contributed by atoms with Crippen molar-refractivity contribution in [3.05, 3.63) is 41.5 Å². The molecule has 1 amide bonds. The van der Waals surface area contributed by atoms with E-state index in [9.17, 15) is 4.79 Å². The van der Waals surface area contributed by atoms with Crippen LogP contribution in [0, 0.1) is 0 Å². The van der Waals surface area contributed by atoms with Crippen molar-refractivity contribution in [1.82, 2.24) is 5.43 Å². The third-order valence-corrected chi connectivity index (χ3v) is 3.73. The Morgan fingerprint density at radius 3 is 1.70 bits per heavy atom. The molecule has 0 fully saturated rings. The first-order valence-corrected chi connectivity index (χ1v) is 7.92. The molecule has 0 unspecified atom stereocenters. The van der Waals surface area contributed by atoms with Crippen molar-refractivity contribution in [2.24, 2.45) is 5.10 Å². The van der Waals surface area contributed by atoms with Crippen LogP contribution in [-0.4, -0.2) is 47.7 Å². The highest BCUT2D eigenvalue weighted by Gasteiger charge is 2.12. The molecule has 144 valence electrons. The topological polar surface area (TPSA) is 87.6 Å². The van der Waals surface area contributed by atoms with E-state index < -0.39 is 5.91 Å². The van der Waals surface area contributed by atoms with Crippen LogP contribution in [0.4, 0.5) is 0 Å². The summed E-state index contributed by atoms with van der Waals surface area (Å²) in [6.45, 7) is 0. The SMILES string of the molecule is COc1cc(OC)cc(C(=O)NN=Cc2c(OC)cc(OC)cc2OC)c1. The predicted octanol–water partition coefficient (Wildman–Crippen LogP) is 2.49. The number of hydrogen-bond acceptors (Lipinski definition) is 7. The van der Waals surface area contributed by atoms with Crippen LogP contribution >= 0.6 is 0 Å². The molecule has 0 aromatic heterocycles. The molecular formula is C19H22N2O6. The monoisotopic (exact) mass is 374 g/mol. The Hall–Kier alpha value is -3.42. The molecule has 0 aliphatic carbocycles. The van der Waals surface area contributed by atoms with E-state index in [1.165, 1.54) is 34.7 Å². The van der Waals surface area contributed by atoms with E-state index in [0.29, 0.717) is 39.9 Å². The second-order valence-electron chi connectivity index (χ2n) is 5.25. The van der Waals surface area contributed by atoms with Crippen molar-refractivity contribution in [3.8, 4) is 28.7 Å². The lowest BCUT2D eigenvalue weighted by molar-refractivity contribution is 0.0954. The Kier molecular flexibility index (Phi) is 6.87. The second-order valence-corrected chi connectivity index (χ2v) is 5.25. The van der Waals surface area contributed by atoms with Gasteiger partial charge in [-0.3, -0.25) is 4.79 Å². The van der Waals surface area contributed by atoms with Gasteiger partial charge in [-0.05, 0) is 12.1 Å². The van der Waals surface area contributed by atoms with Gasteiger partial charge in [-0.1, -0.05) is 0 Å². The van der Waals surface area contributed by atoms with Gasteiger partial charge in [0.25, 0.3) is 5.91 Å². The van der Waals surface area contributed by atoms with Gasteiger partial charge in [-0.15, -0.1) is 0 Å². The first-order chi connectivity index (χ1) is 13.1. The molecule has 0 aliphatic rings. The number of nitrogens with one attached hydrogen (secondary N) is 1. The first-order valence-electron chi connectivity index (χ1n) is 7.92. The number of methoxy groups -OCH3 is 5. The minimum Gasteiger partial charge on any atom is -0.497 e. The van der Waals surface area contributed by atoms with E-state index in [-0.39, 0.29) is 0 Å². The van der Waals surface area contributed by atoms with Gasteiger partial charge >= 0.3 is 0 Å². The molecule has 2 rings (SSSR count). The molecule has 0 bridgehead atoms. The maximum absolute atomic E-state index is 12.4. The lowest BCUT2D eigenvalue weighted by Gasteiger charge is -2.12. The number of rotatable bonds is 8. The Morgan fingerprint density at radius 1 is 0.778 bits per heavy atom. The summed E-state index contributed by atoms with van der Waals surface area (Å²) >= 11 is 0. The number of carbonyl (C=O) groups is 1. The quantitative estimate of drug-likeness (QED) is 0.564. The Balaban J connectivity index is 2.24. The average molecular weight is 374 g/mol. The van der Waals surface area contributed by atoms with Crippen molar-refractivity contribution >= 4 is 12.1 Å². The third-order valence-electron chi connectivity index (χ3n) is 3.73. The molecule has 1 N–H and O–H groups in total. The fourth-order valence-electron chi connectivity index (χ4n) is 2.32. The van der Waals surface area contributed by atoms with Crippen molar-refractivity contribution in [1.29, 1.82) is 0 Å². The zero-order chi connectivity index (χ0) is 19.8. The van der Waals surface area contributed by atoms with E-state index in [2.05, 4.69) is 10.5 Å². The maximum atomic E-state index is 12.4. The Morgan fingerprint density at radius 2 is 1.26 bits per heavy atom. The van der Waals surface area contributed by atoms with Gasteiger partial charge in [0.2, 0.25) is 0 Å². The van der Waals surface area contributed by atoms with Crippen LogP contribution in [0.3, 0.4) is 0 Å². The number of nitrogens with zero attached hydrogens (tertiary/aromatic N) is 1. The van der Waals surface area contributed by atoms with Gasteiger partial charge in [0.15, 0.2) is 0 Å². The fourth-order valence-corrected chi connectivity index (χ4v) is 2.32. The Bertz CT molecular complexity index is 788. The number of benzene rings is 2. The summed E-state index contributed by atoms with van der Waals surface area (Å²) in [6, 6.07) is 8.23. The minimum atomic E-state index is -0.421. The number of hydrazone groups is 1. The van der Waals surface area contributed by atoms with E-state index in [4.69, 9.17) is 23.7 Å². The van der Waals surface area contributed by atoms with Crippen LogP contribution < -0.4 is 29.1 Å². The average Bonchev–Trinajstić information content (AvgIpc) is 2.72. The van der Waals surface area contributed by atoms with E-state index >= 15 is 0 Å². The van der Waals surface area contributed by atoms with Crippen LogP contribution in [-0.2, 0) is 0 Å². The molecule has 0 aliphatic heterocycles. The molecule has 0 saturated carbocycles. The molecule has 8 heteroatoms. The lowest BCUT2D eigenvalue weighted by Crippen LogP contribution is -2.18. The van der Waals surface area contributed by atoms with Crippen LogP contribution in [0.25, 0.3) is 0 Å². The molecule has 2 aromatic carbocycles. The van der Waals surface area contributed by atoms with Gasteiger partial charge in [0.1, 0.15) is 28.7 Å². The summed E-state index contributed by atoms with van der Waals surface area (Å²) in [7, 11) is 7.61. The molecular weight excluding hydrogens is 352 g/mol. The van der Waals surface area contributed by atoms with E-state index in [1.54, 1.807) is 37.4 Å². The van der Waals surface area contributed by atoms with E-state index in [1.807, 2.05) is 0 Å². The van der Waals surface area contributed by atoms with E-state index in [0.717, 1.165) is 0 Å². The maximum Gasteiger partial charge on any atom is 0.271 e. The van der Waals surface area contributed by atoms with Gasteiger partial charge < -0.3 is 23.7 Å². The third kappa shape index (κ3) is 4.81. The molecule has 27 heavy (non-hydrogen) atoms. The summed E-state index contributed by atoms with van der Waals surface area (Å²) in [5.41, 5.74) is 3.36. The summed E-state index contributed by atoms with van der Waals surface area (Å²) in [5, 5.41) is 3.99. The van der Waals surface area contributed by atoms with Gasteiger partial charge in [0.05, 0.1) is 47.3 Å². The second kappa shape index (κ2) is 9.33. The van der Waals surface area contributed by atoms with Gasteiger partial charge in [-0.25, -0.2) is 5.43 Å². The predicted molar refractivity (Wildman–Crippen MR) is 101 cm³/mol.